The fourth-order valence-electron chi connectivity index (χ4n) is 3.29. The fourth-order valence-corrected chi connectivity index (χ4v) is 3.29. The molecule has 0 saturated carbocycles. The maximum absolute atomic E-state index is 12.5. The van der Waals surface area contributed by atoms with Crippen LogP contribution in [-0.4, -0.2) is 49.3 Å². The summed E-state index contributed by atoms with van der Waals surface area (Å²) in [6.07, 6.45) is 0.919. The van der Waals surface area contributed by atoms with Gasteiger partial charge in [-0.15, -0.1) is 0 Å². The standard InChI is InChI=1S/C19H25N3O4/c1-12-16(13(2)26-21-12)11-22-8-7-15(10-22)20-19(23)14-5-6-17(24-3)18(9-14)25-4/h5-6,9,15H,7-8,10-11H2,1-4H3,(H,20,23)/t15-/m0/s1. The van der Waals surface area contributed by atoms with Crippen LogP contribution in [0.3, 0.4) is 0 Å². The second-order valence-corrected chi connectivity index (χ2v) is 6.57. The number of amides is 1. The Labute approximate surface area is 153 Å². The summed E-state index contributed by atoms with van der Waals surface area (Å²) in [6, 6.07) is 5.31. The Kier molecular flexibility index (Phi) is 5.46. The van der Waals surface area contributed by atoms with Gasteiger partial charge in [-0.1, -0.05) is 5.16 Å². The van der Waals surface area contributed by atoms with Crippen LogP contribution in [-0.2, 0) is 6.54 Å². The van der Waals surface area contributed by atoms with E-state index in [-0.39, 0.29) is 11.9 Å². The van der Waals surface area contributed by atoms with Gasteiger partial charge in [-0.25, -0.2) is 0 Å². The Balaban J connectivity index is 1.59. The van der Waals surface area contributed by atoms with E-state index < -0.39 is 0 Å². The SMILES string of the molecule is COc1ccc(C(=O)N[C@H]2CCN(Cc3c(C)noc3C)C2)cc1OC. The van der Waals surface area contributed by atoms with E-state index >= 15 is 0 Å². The van der Waals surface area contributed by atoms with Crippen LogP contribution in [0.15, 0.2) is 22.7 Å². The van der Waals surface area contributed by atoms with Gasteiger partial charge in [0.15, 0.2) is 11.5 Å². The maximum Gasteiger partial charge on any atom is 0.251 e. The number of aromatic nitrogens is 1. The summed E-state index contributed by atoms with van der Waals surface area (Å²) in [4.78, 5) is 14.9. The highest BCUT2D eigenvalue weighted by atomic mass is 16.5. The first-order chi connectivity index (χ1) is 12.5. The molecule has 0 unspecified atom stereocenters. The molecule has 2 heterocycles. The second kappa shape index (κ2) is 7.78. The molecule has 7 nitrogen and oxygen atoms in total. The first-order valence-electron chi connectivity index (χ1n) is 8.68. The predicted octanol–water partition coefficient (Wildman–Crippen LogP) is 2.31. The lowest BCUT2D eigenvalue weighted by molar-refractivity contribution is 0.0937. The number of hydrogen-bond acceptors (Lipinski definition) is 6. The number of likely N-dealkylation sites (tertiary alicyclic amines) is 1. The third kappa shape index (κ3) is 3.83. The predicted molar refractivity (Wildman–Crippen MR) is 96.7 cm³/mol. The van der Waals surface area contributed by atoms with Gasteiger partial charge in [0.2, 0.25) is 0 Å². The fraction of sp³-hybridized carbons (Fsp3) is 0.474. The first-order valence-corrected chi connectivity index (χ1v) is 8.68. The van der Waals surface area contributed by atoms with Gasteiger partial charge in [-0.05, 0) is 38.5 Å². The number of rotatable bonds is 6. The van der Waals surface area contributed by atoms with E-state index in [0.717, 1.165) is 43.1 Å². The van der Waals surface area contributed by atoms with Gasteiger partial charge in [-0.2, -0.15) is 0 Å². The minimum Gasteiger partial charge on any atom is -0.493 e. The van der Waals surface area contributed by atoms with Crippen molar-refractivity contribution in [2.24, 2.45) is 0 Å². The Hall–Kier alpha value is -2.54. The average molecular weight is 359 g/mol. The van der Waals surface area contributed by atoms with E-state index in [1.54, 1.807) is 32.4 Å². The lowest BCUT2D eigenvalue weighted by Gasteiger charge is -2.17. The monoisotopic (exact) mass is 359 g/mol. The molecule has 3 rings (SSSR count). The van der Waals surface area contributed by atoms with Gasteiger partial charge >= 0.3 is 0 Å². The number of aryl methyl sites for hydroxylation is 2. The molecule has 1 aliphatic rings. The van der Waals surface area contributed by atoms with Gasteiger partial charge in [0, 0.05) is 36.8 Å². The number of carbonyl (C=O) groups is 1. The summed E-state index contributed by atoms with van der Waals surface area (Å²) in [5.74, 6) is 1.91. The number of hydrogen-bond donors (Lipinski definition) is 1. The summed E-state index contributed by atoms with van der Waals surface area (Å²) in [7, 11) is 3.13. The number of benzene rings is 1. The van der Waals surface area contributed by atoms with Gasteiger partial charge in [-0.3, -0.25) is 9.69 Å². The molecule has 1 saturated heterocycles. The maximum atomic E-state index is 12.5. The lowest BCUT2D eigenvalue weighted by atomic mass is 10.1. The van der Waals surface area contributed by atoms with Crippen molar-refractivity contribution in [3.05, 3.63) is 40.8 Å². The van der Waals surface area contributed by atoms with Crippen molar-refractivity contribution >= 4 is 5.91 Å². The zero-order valence-corrected chi connectivity index (χ0v) is 15.7. The van der Waals surface area contributed by atoms with Crippen molar-refractivity contribution < 1.29 is 18.8 Å². The quantitative estimate of drug-likeness (QED) is 0.853. The molecule has 1 amide bonds. The summed E-state index contributed by atoms with van der Waals surface area (Å²) in [5.41, 5.74) is 2.63. The van der Waals surface area contributed by atoms with Gasteiger partial charge < -0.3 is 19.3 Å². The summed E-state index contributed by atoms with van der Waals surface area (Å²) < 4.78 is 15.7. The molecule has 26 heavy (non-hydrogen) atoms. The highest BCUT2D eigenvalue weighted by molar-refractivity contribution is 5.95. The molecule has 7 heteroatoms. The van der Waals surface area contributed by atoms with Crippen molar-refractivity contribution in [2.75, 3.05) is 27.3 Å². The molecule has 140 valence electrons. The van der Waals surface area contributed by atoms with Crippen LogP contribution in [0, 0.1) is 13.8 Å². The van der Waals surface area contributed by atoms with Crippen LogP contribution in [0.5, 0.6) is 11.5 Å². The number of methoxy groups -OCH3 is 2. The topological polar surface area (TPSA) is 76.8 Å². The summed E-state index contributed by atoms with van der Waals surface area (Å²) in [6.45, 7) is 6.42. The van der Waals surface area contributed by atoms with Crippen LogP contribution in [0.25, 0.3) is 0 Å². The second-order valence-electron chi connectivity index (χ2n) is 6.57. The molecular weight excluding hydrogens is 334 g/mol. The zero-order chi connectivity index (χ0) is 18.7. The highest BCUT2D eigenvalue weighted by Gasteiger charge is 2.26. The molecule has 1 fully saturated rings. The van der Waals surface area contributed by atoms with Crippen molar-refractivity contribution in [1.29, 1.82) is 0 Å². The normalized spacial score (nSPS) is 17.3. The van der Waals surface area contributed by atoms with E-state index in [1.807, 2.05) is 13.8 Å². The largest absolute Gasteiger partial charge is 0.493 e. The zero-order valence-electron chi connectivity index (χ0n) is 15.7. The van der Waals surface area contributed by atoms with Gasteiger partial charge in [0.1, 0.15) is 5.76 Å². The summed E-state index contributed by atoms with van der Waals surface area (Å²) >= 11 is 0. The van der Waals surface area contributed by atoms with E-state index in [1.165, 1.54) is 0 Å². The number of nitrogens with one attached hydrogen (secondary N) is 1. The van der Waals surface area contributed by atoms with Crippen LogP contribution >= 0.6 is 0 Å². The van der Waals surface area contributed by atoms with E-state index in [2.05, 4.69) is 15.4 Å². The van der Waals surface area contributed by atoms with Crippen LogP contribution in [0.1, 0.15) is 33.8 Å². The molecule has 0 radical (unpaired) electrons. The summed E-state index contributed by atoms with van der Waals surface area (Å²) in [5, 5.41) is 7.11. The van der Waals surface area contributed by atoms with Crippen molar-refractivity contribution in [3.8, 4) is 11.5 Å². The van der Waals surface area contributed by atoms with Crippen molar-refractivity contribution in [3.63, 3.8) is 0 Å². The molecule has 1 aliphatic heterocycles. The molecule has 0 bridgehead atoms. The Morgan fingerprint density at radius 3 is 2.73 bits per heavy atom. The van der Waals surface area contributed by atoms with Crippen LogP contribution < -0.4 is 14.8 Å². The highest BCUT2D eigenvalue weighted by Crippen LogP contribution is 2.27. The number of ether oxygens (including phenoxy) is 2. The third-order valence-corrected chi connectivity index (χ3v) is 4.82. The van der Waals surface area contributed by atoms with E-state index in [9.17, 15) is 4.79 Å². The molecule has 1 N–H and O–H groups in total. The number of nitrogens with zero attached hydrogens (tertiary/aromatic N) is 2. The molecule has 1 aromatic carbocycles. The van der Waals surface area contributed by atoms with E-state index in [0.29, 0.717) is 17.1 Å². The van der Waals surface area contributed by atoms with Gasteiger partial charge in [0.05, 0.1) is 19.9 Å². The van der Waals surface area contributed by atoms with Crippen LogP contribution in [0.4, 0.5) is 0 Å². The Morgan fingerprint density at radius 1 is 1.31 bits per heavy atom. The lowest BCUT2D eigenvalue weighted by Crippen LogP contribution is -2.37. The van der Waals surface area contributed by atoms with Crippen molar-refractivity contribution in [1.82, 2.24) is 15.4 Å². The third-order valence-electron chi connectivity index (χ3n) is 4.82. The minimum atomic E-state index is -0.102. The molecule has 2 aromatic rings. The number of carbonyl (C=O) groups excluding carboxylic acids is 1. The minimum absolute atomic E-state index is 0.102. The smallest absolute Gasteiger partial charge is 0.251 e. The Morgan fingerprint density at radius 2 is 2.08 bits per heavy atom. The average Bonchev–Trinajstić information content (AvgIpc) is 3.22. The molecule has 0 spiro atoms. The van der Waals surface area contributed by atoms with Crippen molar-refractivity contribution in [2.45, 2.75) is 32.9 Å². The van der Waals surface area contributed by atoms with Gasteiger partial charge in [0.25, 0.3) is 5.91 Å². The molecule has 1 aromatic heterocycles. The Bertz CT molecular complexity index is 768. The first kappa shape index (κ1) is 18.3. The van der Waals surface area contributed by atoms with Crippen LogP contribution in [0.2, 0.25) is 0 Å². The molecular formula is C19H25N3O4. The van der Waals surface area contributed by atoms with E-state index in [4.69, 9.17) is 14.0 Å². The molecule has 1 atom stereocenters. The molecule has 0 aliphatic carbocycles.